The molecule has 0 aliphatic heterocycles. The zero-order valence-corrected chi connectivity index (χ0v) is 11.0. The molecule has 2 rings (SSSR count). The van der Waals surface area contributed by atoms with E-state index in [-0.39, 0.29) is 11.9 Å². The number of hydrogen-bond acceptors (Lipinski definition) is 3. The van der Waals surface area contributed by atoms with Crippen LogP contribution >= 0.6 is 11.3 Å². The van der Waals surface area contributed by atoms with Crippen molar-refractivity contribution in [3.05, 3.63) is 21.4 Å². The third kappa shape index (κ3) is 2.34. The number of thiophene rings is 1. The largest absolute Gasteiger partial charge is 0.325 e. The van der Waals surface area contributed by atoms with Crippen LogP contribution in [0.3, 0.4) is 0 Å². The van der Waals surface area contributed by atoms with Crippen LogP contribution in [0.15, 0.2) is 6.07 Å². The van der Waals surface area contributed by atoms with Gasteiger partial charge >= 0.3 is 0 Å². The Morgan fingerprint density at radius 3 is 2.88 bits per heavy atom. The zero-order valence-electron chi connectivity index (χ0n) is 10.2. The highest BCUT2D eigenvalue weighted by atomic mass is 32.1. The first kappa shape index (κ1) is 12.1. The molecule has 3 nitrogen and oxygen atoms in total. The van der Waals surface area contributed by atoms with Gasteiger partial charge in [0, 0.05) is 11.9 Å². The summed E-state index contributed by atoms with van der Waals surface area (Å²) in [4.78, 5) is 15.8. The molecule has 1 atom stereocenters. The second-order valence-electron chi connectivity index (χ2n) is 4.49. The predicted molar refractivity (Wildman–Crippen MR) is 68.1 cm³/mol. The molecular formula is C13H16N2OS. The Hall–Kier alpha value is -1.34. The predicted octanol–water partition coefficient (Wildman–Crippen LogP) is 2.61. The number of hydrogen-bond donors (Lipinski definition) is 0. The van der Waals surface area contributed by atoms with Crippen LogP contribution in [0.4, 0.5) is 0 Å². The maximum atomic E-state index is 12.1. The van der Waals surface area contributed by atoms with Gasteiger partial charge in [0.1, 0.15) is 6.04 Å². The summed E-state index contributed by atoms with van der Waals surface area (Å²) in [6.07, 6.45) is 4.65. The Bertz CT molecular complexity index is 449. The Kier molecular flexibility index (Phi) is 3.49. The number of carbonyl (C=O) groups excluding carboxylic acids is 1. The minimum atomic E-state index is -0.373. The molecule has 1 aromatic heterocycles. The summed E-state index contributed by atoms with van der Waals surface area (Å²) in [5.41, 5.74) is 1.34. The first-order valence-electron chi connectivity index (χ1n) is 5.92. The summed E-state index contributed by atoms with van der Waals surface area (Å²) in [5, 5.41) is 8.82. The van der Waals surface area contributed by atoms with Crippen molar-refractivity contribution in [1.82, 2.24) is 4.90 Å². The second kappa shape index (κ2) is 4.89. The number of rotatable bonds is 2. The third-order valence-corrected chi connectivity index (χ3v) is 4.52. The van der Waals surface area contributed by atoms with E-state index in [0.29, 0.717) is 0 Å². The molecule has 1 aromatic rings. The van der Waals surface area contributed by atoms with Crippen molar-refractivity contribution in [2.45, 2.75) is 38.6 Å². The average molecular weight is 248 g/mol. The van der Waals surface area contributed by atoms with Gasteiger partial charge in [-0.25, -0.2) is 0 Å². The SMILES string of the molecule is CC(C#N)N(C)C(=O)c1cc2c(s1)CCCC2. The quantitative estimate of drug-likeness (QED) is 0.807. The van der Waals surface area contributed by atoms with Crippen molar-refractivity contribution >= 4 is 17.2 Å². The third-order valence-electron chi connectivity index (χ3n) is 3.30. The summed E-state index contributed by atoms with van der Waals surface area (Å²) in [5.74, 6) is -0.0292. The van der Waals surface area contributed by atoms with Crippen molar-refractivity contribution in [1.29, 1.82) is 5.26 Å². The maximum Gasteiger partial charge on any atom is 0.264 e. The van der Waals surface area contributed by atoms with E-state index in [1.165, 1.54) is 28.2 Å². The second-order valence-corrected chi connectivity index (χ2v) is 5.62. The van der Waals surface area contributed by atoms with Gasteiger partial charge in [0.2, 0.25) is 0 Å². The topological polar surface area (TPSA) is 44.1 Å². The standard InChI is InChI=1S/C13H16N2OS/c1-9(8-14)15(2)13(16)12-7-10-5-3-4-6-11(10)17-12/h7,9H,3-6H2,1-2H3. The lowest BCUT2D eigenvalue weighted by Crippen LogP contribution is -2.33. The number of nitrogens with zero attached hydrogens (tertiary/aromatic N) is 2. The summed E-state index contributed by atoms with van der Waals surface area (Å²) in [6, 6.07) is 3.73. The van der Waals surface area contributed by atoms with Crippen LogP contribution in [-0.2, 0) is 12.8 Å². The summed E-state index contributed by atoms with van der Waals surface area (Å²) in [6.45, 7) is 1.74. The van der Waals surface area contributed by atoms with E-state index in [1.54, 1.807) is 25.3 Å². The summed E-state index contributed by atoms with van der Waals surface area (Å²) in [7, 11) is 1.69. The van der Waals surface area contributed by atoms with Crippen molar-refractivity contribution in [3.8, 4) is 6.07 Å². The number of carbonyl (C=O) groups is 1. The molecule has 1 aliphatic carbocycles. The fourth-order valence-electron chi connectivity index (χ4n) is 2.03. The van der Waals surface area contributed by atoms with Gasteiger partial charge in [-0.3, -0.25) is 4.79 Å². The highest BCUT2D eigenvalue weighted by molar-refractivity contribution is 7.14. The molecule has 0 fully saturated rings. The van der Waals surface area contributed by atoms with Crippen molar-refractivity contribution < 1.29 is 4.79 Å². The van der Waals surface area contributed by atoms with E-state index in [1.807, 2.05) is 6.07 Å². The minimum Gasteiger partial charge on any atom is -0.325 e. The molecular weight excluding hydrogens is 232 g/mol. The van der Waals surface area contributed by atoms with Crippen LogP contribution in [-0.4, -0.2) is 23.9 Å². The van der Waals surface area contributed by atoms with Crippen molar-refractivity contribution in [2.24, 2.45) is 0 Å². The van der Waals surface area contributed by atoms with Crippen molar-refractivity contribution in [2.75, 3.05) is 7.05 Å². The molecule has 0 N–H and O–H groups in total. The first-order valence-corrected chi connectivity index (χ1v) is 6.73. The highest BCUT2D eigenvalue weighted by Crippen LogP contribution is 2.30. The molecule has 0 saturated heterocycles. The van der Waals surface area contributed by atoms with Gasteiger partial charge in [0.25, 0.3) is 5.91 Å². The summed E-state index contributed by atoms with van der Waals surface area (Å²) < 4.78 is 0. The molecule has 1 unspecified atom stereocenters. The molecule has 1 amide bonds. The van der Waals surface area contributed by atoms with Gasteiger partial charge in [0.05, 0.1) is 10.9 Å². The highest BCUT2D eigenvalue weighted by Gasteiger charge is 2.21. The monoisotopic (exact) mass is 248 g/mol. The van der Waals surface area contributed by atoms with Crippen LogP contribution < -0.4 is 0 Å². The van der Waals surface area contributed by atoms with E-state index in [4.69, 9.17) is 5.26 Å². The van der Waals surface area contributed by atoms with E-state index >= 15 is 0 Å². The number of amides is 1. The molecule has 1 aliphatic rings. The van der Waals surface area contributed by atoms with E-state index in [2.05, 4.69) is 6.07 Å². The Balaban J connectivity index is 2.20. The van der Waals surface area contributed by atoms with Crippen LogP contribution in [0.25, 0.3) is 0 Å². The number of aryl methyl sites for hydroxylation is 2. The molecule has 0 saturated carbocycles. The Morgan fingerprint density at radius 1 is 1.53 bits per heavy atom. The molecule has 1 heterocycles. The molecule has 0 radical (unpaired) electrons. The number of fused-ring (bicyclic) bond motifs is 1. The molecule has 90 valence electrons. The number of nitriles is 1. The smallest absolute Gasteiger partial charge is 0.264 e. The summed E-state index contributed by atoms with van der Waals surface area (Å²) >= 11 is 1.60. The molecule has 0 aromatic carbocycles. The molecule has 0 bridgehead atoms. The average Bonchev–Trinajstić information content (AvgIpc) is 2.79. The lowest BCUT2D eigenvalue weighted by molar-refractivity contribution is 0.0778. The lowest BCUT2D eigenvalue weighted by Gasteiger charge is -2.18. The first-order chi connectivity index (χ1) is 8.13. The van der Waals surface area contributed by atoms with Gasteiger partial charge < -0.3 is 4.90 Å². The fourth-order valence-corrected chi connectivity index (χ4v) is 3.27. The minimum absolute atomic E-state index is 0.0292. The van der Waals surface area contributed by atoms with Gasteiger partial charge in [-0.2, -0.15) is 5.26 Å². The van der Waals surface area contributed by atoms with Crippen LogP contribution in [0.5, 0.6) is 0 Å². The van der Waals surface area contributed by atoms with Crippen LogP contribution in [0.2, 0.25) is 0 Å². The lowest BCUT2D eigenvalue weighted by atomic mass is 9.99. The molecule has 17 heavy (non-hydrogen) atoms. The van der Waals surface area contributed by atoms with Gasteiger partial charge in [-0.1, -0.05) is 0 Å². The van der Waals surface area contributed by atoms with E-state index in [0.717, 1.165) is 17.7 Å². The van der Waals surface area contributed by atoms with Crippen LogP contribution in [0, 0.1) is 11.3 Å². The molecule has 0 spiro atoms. The zero-order chi connectivity index (χ0) is 12.4. The Morgan fingerprint density at radius 2 is 2.24 bits per heavy atom. The van der Waals surface area contributed by atoms with Gasteiger partial charge in [-0.15, -0.1) is 11.3 Å². The normalized spacial score (nSPS) is 15.8. The van der Waals surface area contributed by atoms with Gasteiger partial charge in [-0.05, 0) is 44.2 Å². The van der Waals surface area contributed by atoms with Gasteiger partial charge in [0.15, 0.2) is 0 Å². The van der Waals surface area contributed by atoms with E-state index in [9.17, 15) is 4.79 Å². The van der Waals surface area contributed by atoms with E-state index < -0.39 is 0 Å². The molecule has 4 heteroatoms. The fraction of sp³-hybridized carbons (Fsp3) is 0.538. The van der Waals surface area contributed by atoms with Crippen LogP contribution in [0.1, 0.15) is 39.9 Å². The maximum absolute atomic E-state index is 12.1. The Labute approximate surface area is 106 Å². The van der Waals surface area contributed by atoms with Crippen molar-refractivity contribution in [3.63, 3.8) is 0 Å².